The summed E-state index contributed by atoms with van der Waals surface area (Å²) in [6.07, 6.45) is 6.20. The topological polar surface area (TPSA) is 27.7 Å². The summed E-state index contributed by atoms with van der Waals surface area (Å²) in [4.78, 5) is 4.75. The molecule has 0 bridgehead atoms. The Morgan fingerprint density at radius 3 is 2.63 bits per heavy atom. The minimum atomic E-state index is -0.666. The summed E-state index contributed by atoms with van der Waals surface area (Å²) in [6.45, 7) is 14.4. The number of hydrogen-bond acceptors (Lipinski definition) is 4. The van der Waals surface area contributed by atoms with E-state index in [0.717, 1.165) is 45.0 Å². The summed E-state index contributed by atoms with van der Waals surface area (Å²) in [5.41, 5.74) is 4.36. The fourth-order valence-corrected chi connectivity index (χ4v) is 4.74. The summed E-state index contributed by atoms with van der Waals surface area (Å²) in [5, 5.41) is 3.23. The molecule has 1 N–H and O–H groups in total. The van der Waals surface area contributed by atoms with E-state index in [1.54, 1.807) is 6.20 Å². The summed E-state index contributed by atoms with van der Waals surface area (Å²) >= 11 is 0. The third kappa shape index (κ3) is 7.96. The van der Waals surface area contributed by atoms with Crippen LogP contribution >= 0.6 is 0 Å². The molecular weight excluding hydrogens is 444 g/mol. The van der Waals surface area contributed by atoms with Crippen molar-refractivity contribution in [2.24, 2.45) is 5.41 Å². The molecule has 2 aromatic rings. The SMILES string of the molecule is C=CNCCN(CCCC(C)(C)C)c1ccc2c(c1)C(N(C)CCOc1ccc(F)cc1F)CC2. The molecule has 2 aromatic carbocycles. The Labute approximate surface area is 210 Å². The quantitative estimate of drug-likeness (QED) is 0.336. The highest BCUT2D eigenvalue weighted by atomic mass is 19.1. The number of benzene rings is 2. The Balaban J connectivity index is 1.65. The van der Waals surface area contributed by atoms with Crippen molar-refractivity contribution in [1.82, 2.24) is 10.2 Å². The van der Waals surface area contributed by atoms with Crippen LogP contribution in [0.25, 0.3) is 0 Å². The van der Waals surface area contributed by atoms with Crippen LogP contribution in [0, 0.1) is 17.0 Å². The van der Waals surface area contributed by atoms with Crippen LogP contribution in [0.3, 0.4) is 0 Å². The van der Waals surface area contributed by atoms with E-state index in [-0.39, 0.29) is 5.75 Å². The van der Waals surface area contributed by atoms with Gasteiger partial charge in [0, 0.05) is 44.0 Å². The van der Waals surface area contributed by atoms with Gasteiger partial charge in [0.15, 0.2) is 11.6 Å². The van der Waals surface area contributed by atoms with Crippen molar-refractivity contribution in [2.75, 3.05) is 44.7 Å². The van der Waals surface area contributed by atoms with Gasteiger partial charge in [0.25, 0.3) is 0 Å². The fraction of sp³-hybridized carbons (Fsp3) is 0.517. The molecule has 0 aliphatic heterocycles. The van der Waals surface area contributed by atoms with Gasteiger partial charge in [0.05, 0.1) is 0 Å². The van der Waals surface area contributed by atoms with Crippen molar-refractivity contribution < 1.29 is 13.5 Å². The molecule has 1 atom stereocenters. The van der Waals surface area contributed by atoms with Crippen LogP contribution in [0.15, 0.2) is 49.2 Å². The second-order valence-electron chi connectivity index (χ2n) is 10.7. The number of likely N-dealkylation sites (N-methyl/N-ethyl adjacent to an activating group) is 1. The van der Waals surface area contributed by atoms with Crippen LogP contribution in [-0.4, -0.2) is 44.7 Å². The summed E-state index contributed by atoms with van der Waals surface area (Å²) in [5.74, 6) is -1.17. The Morgan fingerprint density at radius 2 is 1.91 bits per heavy atom. The molecule has 1 unspecified atom stereocenters. The lowest BCUT2D eigenvalue weighted by Gasteiger charge is -2.29. The van der Waals surface area contributed by atoms with Crippen molar-refractivity contribution in [3.8, 4) is 5.75 Å². The van der Waals surface area contributed by atoms with Crippen LogP contribution in [0.2, 0.25) is 0 Å². The van der Waals surface area contributed by atoms with Gasteiger partial charge in [-0.05, 0) is 79.7 Å². The zero-order valence-corrected chi connectivity index (χ0v) is 21.7. The third-order valence-corrected chi connectivity index (χ3v) is 6.69. The molecule has 0 spiro atoms. The monoisotopic (exact) mass is 485 g/mol. The summed E-state index contributed by atoms with van der Waals surface area (Å²) in [6, 6.07) is 10.6. The molecule has 0 amide bonds. The van der Waals surface area contributed by atoms with Crippen molar-refractivity contribution in [2.45, 2.75) is 52.5 Å². The van der Waals surface area contributed by atoms with Gasteiger partial charge in [-0.25, -0.2) is 8.78 Å². The Hall–Kier alpha value is -2.60. The smallest absolute Gasteiger partial charge is 0.167 e. The van der Waals surface area contributed by atoms with Crippen LogP contribution in [0.5, 0.6) is 5.75 Å². The van der Waals surface area contributed by atoms with Gasteiger partial charge in [0.2, 0.25) is 0 Å². The Morgan fingerprint density at radius 1 is 1.11 bits per heavy atom. The van der Waals surface area contributed by atoms with Gasteiger partial charge in [-0.3, -0.25) is 4.90 Å². The normalized spacial score (nSPS) is 15.2. The Bertz CT molecular complexity index is 973. The highest BCUT2D eigenvalue weighted by Crippen LogP contribution is 2.37. The molecule has 4 nitrogen and oxygen atoms in total. The predicted octanol–water partition coefficient (Wildman–Crippen LogP) is 6.33. The predicted molar refractivity (Wildman–Crippen MR) is 141 cm³/mol. The molecule has 1 aliphatic carbocycles. The maximum absolute atomic E-state index is 13.9. The number of aryl methyl sites for hydroxylation is 1. The highest BCUT2D eigenvalue weighted by molar-refractivity contribution is 5.53. The number of nitrogens with one attached hydrogen (secondary N) is 1. The molecule has 35 heavy (non-hydrogen) atoms. The first-order valence-corrected chi connectivity index (χ1v) is 12.7. The molecule has 0 aromatic heterocycles. The fourth-order valence-electron chi connectivity index (χ4n) is 4.74. The first-order chi connectivity index (χ1) is 16.7. The zero-order chi connectivity index (χ0) is 25.4. The van der Waals surface area contributed by atoms with E-state index in [2.05, 4.69) is 67.7 Å². The second-order valence-corrected chi connectivity index (χ2v) is 10.7. The summed E-state index contributed by atoms with van der Waals surface area (Å²) in [7, 11) is 2.09. The highest BCUT2D eigenvalue weighted by Gasteiger charge is 2.27. The maximum Gasteiger partial charge on any atom is 0.167 e. The van der Waals surface area contributed by atoms with E-state index in [9.17, 15) is 8.78 Å². The minimum absolute atomic E-state index is 0.0907. The molecule has 192 valence electrons. The number of hydrogen-bond donors (Lipinski definition) is 1. The van der Waals surface area contributed by atoms with Gasteiger partial charge in [-0.15, -0.1) is 0 Å². The standard InChI is InChI=1S/C29H41F2N3O/c1-6-32-15-17-34(16-7-14-29(2,3)4)24-11-8-22-9-12-27(25(22)21-24)33(5)18-19-35-28-13-10-23(30)20-26(28)31/h6,8,10-11,13,20-21,27,32H,1,7,9,12,14-19H2,2-5H3. The number of fused-ring (bicyclic) bond motifs is 1. The second kappa shape index (κ2) is 12.4. The average molecular weight is 486 g/mol. The largest absolute Gasteiger partial charge is 0.489 e. The van der Waals surface area contributed by atoms with E-state index >= 15 is 0 Å². The summed E-state index contributed by atoms with van der Waals surface area (Å²) < 4.78 is 32.6. The van der Waals surface area contributed by atoms with Crippen molar-refractivity contribution in [1.29, 1.82) is 0 Å². The molecule has 0 saturated carbocycles. The lowest BCUT2D eigenvalue weighted by molar-refractivity contribution is 0.188. The molecule has 1 aliphatic rings. The molecule has 6 heteroatoms. The van der Waals surface area contributed by atoms with Gasteiger partial charge >= 0.3 is 0 Å². The van der Waals surface area contributed by atoms with Crippen molar-refractivity contribution in [3.05, 3.63) is 71.9 Å². The molecule has 0 fully saturated rings. The van der Waals surface area contributed by atoms with Gasteiger partial charge in [-0.1, -0.05) is 33.4 Å². The van der Waals surface area contributed by atoms with Crippen LogP contribution in [0.4, 0.5) is 14.5 Å². The van der Waals surface area contributed by atoms with Crippen LogP contribution < -0.4 is 15.0 Å². The van der Waals surface area contributed by atoms with E-state index in [1.807, 2.05) is 0 Å². The number of halogens is 2. The first-order valence-electron chi connectivity index (χ1n) is 12.7. The van der Waals surface area contributed by atoms with E-state index in [0.29, 0.717) is 24.6 Å². The van der Waals surface area contributed by atoms with Crippen molar-refractivity contribution >= 4 is 5.69 Å². The zero-order valence-electron chi connectivity index (χ0n) is 21.7. The minimum Gasteiger partial charge on any atom is -0.489 e. The van der Waals surface area contributed by atoms with Crippen LogP contribution in [0.1, 0.15) is 57.2 Å². The molecule has 3 rings (SSSR count). The molecular formula is C29H41F2N3O. The Kier molecular flexibility index (Phi) is 9.55. The molecule has 0 radical (unpaired) electrons. The van der Waals surface area contributed by atoms with Crippen LogP contribution in [-0.2, 0) is 6.42 Å². The molecule has 0 heterocycles. The average Bonchev–Trinajstić information content (AvgIpc) is 3.22. The van der Waals surface area contributed by atoms with Crippen molar-refractivity contribution in [3.63, 3.8) is 0 Å². The third-order valence-electron chi connectivity index (χ3n) is 6.69. The van der Waals surface area contributed by atoms with Gasteiger partial charge in [0.1, 0.15) is 12.4 Å². The lowest BCUT2D eigenvalue weighted by Crippen LogP contribution is -2.32. The van der Waals surface area contributed by atoms with E-state index in [4.69, 9.17) is 4.74 Å². The first kappa shape index (κ1) is 27.0. The number of rotatable bonds is 13. The van der Waals surface area contributed by atoms with Gasteiger partial charge < -0.3 is 15.0 Å². The number of anilines is 1. The maximum atomic E-state index is 13.9. The van der Waals surface area contributed by atoms with E-state index in [1.165, 1.54) is 35.4 Å². The number of nitrogens with zero attached hydrogens (tertiary/aromatic N) is 2. The number of ether oxygens (including phenoxy) is 1. The lowest BCUT2D eigenvalue weighted by atomic mass is 9.90. The molecule has 0 saturated heterocycles. The van der Waals surface area contributed by atoms with Gasteiger partial charge in [-0.2, -0.15) is 0 Å². The van der Waals surface area contributed by atoms with E-state index < -0.39 is 11.6 Å².